The molecule has 0 unspecified atom stereocenters. The predicted molar refractivity (Wildman–Crippen MR) is 107 cm³/mol. The second kappa shape index (κ2) is 8.79. The van der Waals surface area contributed by atoms with Gasteiger partial charge in [-0.1, -0.05) is 23.7 Å². The molecule has 1 amide bonds. The highest BCUT2D eigenvalue weighted by Gasteiger charge is 2.11. The van der Waals surface area contributed by atoms with Crippen LogP contribution in [0.5, 0.6) is 5.75 Å². The lowest BCUT2D eigenvalue weighted by Crippen LogP contribution is -2.28. The quantitative estimate of drug-likeness (QED) is 0.490. The molecule has 0 aliphatic heterocycles. The number of hydrogen-bond acceptors (Lipinski definition) is 6. The molecule has 0 aliphatic carbocycles. The molecule has 0 saturated carbocycles. The van der Waals surface area contributed by atoms with Gasteiger partial charge in [-0.2, -0.15) is 0 Å². The van der Waals surface area contributed by atoms with Crippen molar-refractivity contribution in [1.82, 2.24) is 5.32 Å². The van der Waals surface area contributed by atoms with E-state index in [1.807, 2.05) is 0 Å². The lowest BCUT2D eigenvalue weighted by molar-refractivity contribution is -0.123. The average molecular weight is 416 g/mol. The molecule has 7 nitrogen and oxygen atoms in total. The number of aryl methyl sites for hydroxylation is 1. The summed E-state index contributed by atoms with van der Waals surface area (Å²) in [4.78, 5) is 35.0. The predicted octanol–water partition coefficient (Wildman–Crippen LogP) is 3.24. The van der Waals surface area contributed by atoms with Gasteiger partial charge in [-0.25, -0.2) is 9.59 Å². The molecule has 0 fully saturated rings. The number of carbonyl (C=O) groups is 2. The summed E-state index contributed by atoms with van der Waals surface area (Å²) in [6.07, 6.45) is 0. The normalized spacial score (nSPS) is 10.6. The van der Waals surface area contributed by atoms with Crippen molar-refractivity contribution in [2.75, 3.05) is 13.7 Å². The van der Waals surface area contributed by atoms with Gasteiger partial charge < -0.3 is 19.2 Å². The highest BCUT2D eigenvalue weighted by atomic mass is 35.5. The van der Waals surface area contributed by atoms with E-state index in [2.05, 4.69) is 10.1 Å². The van der Waals surface area contributed by atoms with Gasteiger partial charge in [0.15, 0.2) is 6.61 Å². The lowest BCUT2D eigenvalue weighted by atomic mass is 10.1. The fourth-order valence-electron chi connectivity index (χ4n) is 2.70. The summed E-state index contributed by atoms with van der Waals surface area (Å²) in [5, 5.41) is 3.71. The molecule has 29 heavy (non-hydrogen) atoms. The second-order valence-corrected chi connectivity index (χ2v) is 6.69. The van der Waals surface area contributed by atoms with Gasteiger partial charge in [-0.05, 0) is 36.2 Å². The van der Waals surface area contributed by atoms with E-state index in [-0.39, 0.29) is 24.8 Å². The Balaban J connectivity index is 1.60. The summed E-state index contributed by atoms with van der Waals surface area (Å²) < 4.78 is 15.3. The van der Waals surface area contributed by atoms with Gasteiger partial charge in [0.05, 0.1) is 17.7 Å². The number of nitrogens with one attached hydrogen (secondary N) is 1. The zero-order valence-corrected chi connectivity index (χ0v) is 16.5. The van der Waals surface area contributed by atoms with Crippen molar-refractivity contribution >= 4 is 34.4 Å². The van der Waals surface area contributed by atoms with Crippen molar-refractivity contribution in [2.45, 2.75) is 13.5 Å². The Labute approximate surface area is 171 Å². The first-order valence-electron chi connectivity index (χ1n) is 8.68. The Morgan fingerprint density at radius 2 is 1.86 bits per heavy atom. The van der Waals surface area contributed by atoms with Crippen LogP contribution in [0.25, 0.3) is 11.0 Å². The number of fused-ring (bicyclic) bond motifs is 1. The fraction of sp³-hybridized carbons (Fsp3) is 0.190. The molecule has 150 valence electrons. The van der Waals surface area contributed by atoms with Gasteiger partial charge in [-0.3, -0.25) is 4.79 Å². The number of ether oxygens (including phenoxy) is 2. The van der Waals surface area contributed by atoms with Gasteiger partial charge >= 0.3 is 11.6 Å². The van der Waals surface area contributed by atoms with Crippen LogP contribution >= 0.6 is 11.6 Å². The van der Waals surface area contributed by atoms with Crippen LogP contribution in [0.3, 0.4) is 0 Å². The fourth-order valence-corrected chi connectivity index (χ4v) is 2.92. The molecule has 8 heteroatoms. The number of benzene rings is 2. The van der Waals surface area contributed by atoms with E-state index in [4.69, 9.17) is 20.8 Å². The molecular weight excluding hydrogens is 398 g/mol. The summed E-state index contributed by atoms with van der Waals surface area (Å²) in [6, 6.07) is 11.2. The minimum Gasteiger partial charge on any atom is -0.482 e. The average Bonchev–Trinajstić information content (AvgIpc) is 2.71. The molecule has 3 rings (SSSR count). The molecule has 0 bridgehead atoms. The topological polar surface area (TPSA) is 94.8 Å². The SMILES string of the molecule is COC(=O)c1ccc(CNC(=O)COc2cc3oc(=O)cc(C)c3cc2Cl)cc1. The van der Waals surface area contributed by atoms with Crippen LogP contribution in [-0.4, -0.2) is 25.6 Å². The van der Waals surface area contributed by atoms with Crippen molar-refractivity contribution in [2.24, 2.45) is 0 Å². The third kappa shape index (κ3) is 4.94. The first kappa shape index (κ1) is 20.4. The molecule has 1 heterocycles. The number of esters is 1. The van der Waals surface area contributed by atoms with E-state index in [1.165, 1.54) is 19.2 Å². The van der Waals surface area contributed by atoms with Crippen LogP contribution in [0, 0.1) is 6.92 Å². The highest BCUT2D eigenvalue weighted by molar-refractivity contribution is 6.32. The van der Waals surface area contributed by atoms with Gasteiger partial charge in [0, 0.05) is 24.1 Å². The largest absolute Gasteiger partial charge is 0.482 e. The summed E-state index contributed by atoms with van der Waals surface area (Å²) in [7, 11) is 1.31. The van der Waals surface area contributed by atoms with Gasteiger partial charge in [-0.15, -0.1) is 0 Å². The van der Waals surface area contributed by atoms with Crippen molar-refractivity contribution < 1.29 is 23.5 Å². The summed E-state index contributed by atoms with van der Waals surface area (Å²) in [5.41, 5.74) is 1.84. The Morgan fingerprint density at radius 3 is 2.55 bits per heavy atom. The monoisotopic (exact) mass is 415 g/mol. The van der Waals surface area contributed by atoms with Gasteiger partial charge in [0.25, 0.3) is 5.91 Å². The van der Waals surface area contributed by atoms with Crippen LogP contribution in [0.15, 0.2) is 51.7 Å². The zero-order valence-electron chi connectivity index (χ0n) is 15.8. The third-order valence-electron chi connectivity index (χ3n) is 4.23. The van der Waals surface area contributed by atoms with Crippen LogP contribution in [0.2, 0.25) is 5.02 Å². The van der Waals surface area contributed by atoms with Crippen LogP contribution in [0.1, 0.15) is 21.5 Å². The van der Waals surface area contributed by atoms with Crippen molar-refractivity contribution in [3.05, 3.63) is 74.6 Å². The Hall–Kier alpha value is -3.32. The number of rotatable bonds is 6. The van der Waals surface area contributed by atoms with Crippen molar-refractivity contribution in [3.63, 3.8) is 0 Å². The van der Waals surface area contributed by atoms with E-state index >= 15 is 0 Å². The molecule has 0 atom stereocenters. The molecular formula is C21H18ClNO6. The first-order valence-corrected chi connectivity index (χ1v) is 9.06. The van der Waals surface area contributed by atoms with E-state index in [1.54, 1.807) is 37.3 Å². The molecule has 3 aromatic rings. The molecule has 0 radical (unpaired) electrons. The number of carbonyl (C=O) groups excluding carboxylic acids is 2. The van der Waals surface area contributed by atoms with Gasteiger partial charge in [0.2, 0.25) is 0 Å². The van der Waals surface area contributed by atoms with E-state index in [0.29, 0.717) is 21.6 Å². The minimum atomic E-state index is -0.473. The summed E-state index contributed by atoms with van der Waals surface area (Å²) >= 11 is 6.21. The number of amides is 1. The maximum Gasteiger partial charge on any atom is 0.337 e. The number of hydrogen-bond donors (Lipinski definition) is 1. The second-order valence-electron chi connectivity index (χ2n) is 6.28. The van der Waals surface area contributed by atoms with Crippen LogP contribution < -0.4 is 15.7 Å². The van der Waals surface area contributed by atoms with Crippen molar-refractivity contribution in [3.8, 4) is 5.75 Å². The highest BCUT2D eigenvalue weighted by Crippen LogP contribution is 2.30. The molecule has 0 saturated heterocycles. The Morgan fingerprint density at radius 1 is 1.14 bits per heavy atom. The molecule has 0 aliphatic rings. The van der Waals surface area contributed by atoms with Crippen LogP contribution in [-0.2, 0) is 16.1 Å². The molecule has 0 spiro atoms. The minimum absolute atomic E-state index is 0.241. The zero-order chi connectivity index (χ0) is 21.0. The molecule has 2 aromatic carbocycles. The van der Waals surface area contributed by atoms with E-state index in [9.17, 15) is 14.4 Å². The Kier molecular flexibility index (Phi) is 6.19. The van der Waals surface area contributed by atoms with E-state index < -0.39 is 11.6 Å². The van der Waals surface area contributed by atoms with Crippen molar-refractivity contribution in [1.29, 1.82) is 0 Å². The summed E-state index contributed by atoms with van der Waals surface area (Å²) in [6.45, 7) is 1.78. The number of halogens is 1. The maximum atomic E-state index is 12.1. The maximum absolute atomic E-state index is 12.1. The first-order chi connectivity index (χ1) is 13.9. The van der Waals surface area contributed by atoms with Gasteiger partial charge in [0.1, 0.15) is 11.3 Å². The smallest absolute Gasteiger partial charge is 0.337 e. The molecule has 1 N–H and O–H groups in total. The van der Waals surface area contributed by atoms with E-state index in [0.717, 1.165) is 11.1 Å². The standard InChI is InChI=1S/C21H18ClNO6/c1-12-7-20(25)29-17-9-18(16(22)8-15(12)17)28-11-19(24)23-10-13-3-5-14(6-4-13)21(26)27-2/h3-9H,10-11H2,1-2H3,(H,23,24). The lowest BCUT2D eigenvalue weighted by Gasteiger charge is -2.10. The molecule has 1 aromatic heterocycles. The Bertz CT molecular complexity index is 1120. The third-order valence-corrected chi connectivity index (χ3v) is 4.52. The summed E-state index contributed by atoms with van der Waals surface area (Å²) in [5.74, 6) is -0.540. The van der Waals surface area contributed by atoms with Crippen LogP contribution in [0.4, 0.5) is 0 Å². The number of methoxy groups -OCH3 is 1.